The highest BCUT2D eigenvalue weighted by Crippen LogP contribution is 2.20. The Hall–Kier alpha value is -0.120. The van der Waals surface area contributed by atoms with E-state index in [4.69, 9.17) is 0 Å². The number of piperidine rings is 2. The van der Waals surface area contributed by atoms with Gasteiger partial charge in [0.15, 0.2) is 0 Å². The van der Waals surface area contributed by atoms with Gasteiger partial charge in [0, 0.05) is 6.04 Å². The Morgan fingerprint density at radius 1 is 1.06 bits per heavy atom. The summed E-state index contributed by atoms with van der Waals surface area (Å²) in [4.78, 5) is 5.27. The van der Waals surface area contributed by atoms with Gasteiger partial charge >= 0.3 is 0 Å². The summed E-state index contributed by atoms with van der Waals surface area (Å²) in [6.07, 6.45) is 8.43. The van der Waals surface area contributed by atoms with E-state index in [1.54, 1.807) is 0 Å². The van der Waals surface area contributed by atoms with Crippen molar-refractivity contribution >= 4 is 0 Å². The van der Waals surface area contributed by atoms with Gasteiger partial charge in [0.25, 0.3) is 0 Å². The van der Waals surface area contributed by atoms with Gasteiger partial charge in [-0.3, -0.25) is 0 Å². The van der Waals surface area contributed by atoms with E-state index in [9.17, 15) is 0 Å². The smallest absolute Gasteiger partial charge is 0.0104 e. The Bertz CT molecular complexity index is 224. The van der Waals surface area contributed by atoms with Crippen LogP contribution in [0.15, 0.2) is 0 Å². The van der Waals surface area contributed by atoms with Gasteiger partial charge in [-0.15, -0.1) is 0 Å². The summed E-state index contributed by atoms with van der Waals surface area (Å²) in [6.45, 7) is 6.49. The Balaban J connectivity index is 1.62. The van der Waals surface area contributed by atoms with Crippen molar-refractivity contribution in [2.75, 3.05) is 46.8 Å². The van der Waals surface area contributed by atoms with Gasteiger partial charge < -0.3 is 15.1 Å². The molecule has 0 aliphatic carbocycles. The molecule has 0 aromatic rings. The highest BCUT2D eigenvalue weighted by Gasteiger charge is 2.22. The molecule has 0 aromatic carbocycles. The van der Waals surface area contributed by atoms with Gasteiger partial charge in [0.1, 0.15) is 0 Å². The second-order valence-corrected chi connectivity index (χ2v) is 6.26. The lowest BCUT2D eigenvalue weighted by Gasteiger charge is -2.36. The fraction of sp³-hybridized carbons (Fsp3) is 1.00. The lowest BCUT2D eigenvalue weighted by Crippen LogP contribution is -2.41. The van der Waals surface area contributed by atoms with Crippen LogP contribution in [0, 0.1) is 5.92 Å². The fourth-order valence-corrected chi connectivity index (χ4v) is 3.54. The lowest BCUT2D eigenvalue weighted by molar-refractivity contribution is 0.133. The first kappa shape index (κ1) is 14.3. The van der Waals surface area contributed by atoms with E-state index >= 15 is 0 Å². The molecule has 0 spiro atoms. The molecular formula is C15H31N3. The number of rotatable bonds is 5. The van der Waals surface area contributed by atoms with Crippen LogP contribution in [0.5, 0.6) is 0 Å². The molecule has 18 heavy (non-hydrogen) atoms. The van der Waals surface area contributed by atoms with Crippen molar-refractivity contribution < 1.29 is 0 Å². The van der Waals surface area contributed by atoms with E-state index < -0.39 is 0 Å². The van der Waals surface area contributed by atoms with Crippen LogP contribution in [0.4, 0.5) is 0 Å². The van der Waals surface area contributed by atoms with Crippen molar-refractivity contribution in [3.05, 3.63) is 0 Å². The van der Waals surface area contributed by atoms with Crippen molar-refractivity contribution in [3.8, 4) is 0 Å². The Labute approximate surface area is 113 Å². The van der Waals surface area contributed by atoms with Crippen LogP contribution in [0.1, 0.15) is 38.5 Å². The third kappa shape index (κ3) is 4.22. The Morgan fingerprint density at radius 3 is 2.50 bits per heavy atom. The standard InChI is InChI=1S/C15H31N3/c1-16-13-14-6-10-18(11-7-14)12-8-15-5-3-4-9-17(15)2/h14-16H,3-13H2,1-2H3. The number of hydrogen-bond acceptors (Lipinski definition) is 3. The first-order valence-corrected chi connectivity index (χ1v) is 7.87. The average Bonchev–Trinajstić information content (AvgIpc) is 2.40. The average molecular weight is 253 g/mol. The third-order valence-electron chi connectivity index (χ3n) is 4.90. The van der Waals surface area contributed by atoms with Gasteiger partial charge in [0.2, 0.25) is 0 Å². The van der Waals surface area contributed by atoms with Gasteiger partial charge in [-0.2, -0.15) is 0 Å². The van der Waals surface area contributed by atoms with Crippen molar-refractivity contribution in [1.82, 2.24) is 15.1 Å². The maximum absolute atomic E-state index is 3.32. The zero-order chi connectivity index (χ0) is 12.8. The van der Waals surface area contributed by atoms with Crippen LogP contribution in [0.25, 0.3) is 0 Å². The minimum atomic E-state index is 0.855. The summed E-state index contributed by atoms with van der Waals surface area (Å²) in [6, 6.07) is 0.855. The Morgan fingerprint density at radius 2 is 1.83 bits per heavy atom. The van der Waals surface area contributed by atoms with Gasteiger partial charge in [-0.1, -0.05) is 6.42 Å². The van der Waals surface area contributed by atoms with E-state index in [1.807, 2.05) is 0 Å². The van der Waals surface area contributed by atoms with Gasteiger partial charge in [0.05, 0.1) is 0 Å². The molecule has 1 atom stereocenters. The molecule has 0 saturated carbocycles. The van der Waals surface area contributed by atoms with Crippen LogP contribution < -0.4 is 5.32 Å². The normalized spacial score (nSPS) is 28.7. The molecule has 1 unspecified atom stereocenters. The lowest BCUT2D eigenvalue weighted by atomic mass is 9.95. The molecule has 2 saturated heterocycles. The van der Waals surface area contributed by atoms with Crippen molar-refractivity contribution in [2.45, 2.75) is 44.6 Å². The largest absolute Gasteiger partial charge is 0.319 e. The molecule has 0 amide bonds. The highest BCUT2D eigenvalue weighted by atomic mass is 15.2. The zero-order valence-electron chi connectivity index (χ0n) is 12.3. The maximum atomic E-state index is 3.32. The molecule has 2 heterocycles. The number of hydrogen-bond donors (Lipinski definition) is 1. The first-order chi connectivity index (χ1) is 8.79. The molecule has 0 aromatic heterocycles. The molecule has 2 aliphatic rings. The molecule has 106 valence electrons. The zero-order valence-corrected chi connectivity index (χ0v) is 12.3. The van der Waals surface area contributed by atoms with E-state index in [0.717, 1.165) is 12.0 Å². The van der Waals surface area contributed by atoms with E-state index in [-0.39, 0.29) is 0 Å². The first-order valence-electron chi connectivity index (χ1n) is 7.87. The monoisotopic (exact) mass is 253 g/mol. The molecule has 3 heteroatoms. The van der Waals surface area contributed by atoms with Crippen LogP contribution in [-0.4, -0.2) is 62.7 Å². The molecule has 3 nitrogen and oxygen atoms in total. The number of nitrogens with zero attached hydrogens (tertiary/aromatic N) is 2. The van der Waals surface area contributed by atoms with E-state index in [2.05, 4.69) is 29.2 Å². The molecule has 2 rings (SSSR count). The second-order valence-electron chi connectivity index (χ2n) is 6.26. The van der Waals surface area contributed by atoms with Crippen LogP contribution in [0.2, 0.25) is 0 Å². The van der Waals surface area contributed by atoms with Crippen LogP contribution >= 0.6 is 0 Å². The van der Waals surface area contributed by atoms with E-state index in [1.165, 1.54) is 71.2 Å². The summed E-state index contributed by atoms with van der Waals surface area (Å²) >= 11 is 0. The molecular weight excluding hydrogens is 222 g/mol. The SMILES string of the molecule is CNCC1CCN(CCC2CCCCN2C)CC1. The van der Waals surface area contributed by atoms with Gasteiger partial charge in [-0.25, -0.2) is 0 Å². The van der Waals surface area contributed by atoms with Crippen molar-refractivity contribution in [2.24, 2.45) is 5.92 Å². The number of nitrogens with one attached hydrogen (secondary N) is 1. The molecule has 1 N–H and O–H groups in total. The van der Waals surface area contributed by atoms with Gasteiger partial charge in [-0.05, 0) is 84.8 Å². The van der Waals surface area contributed by atoms with Crippen LogP contribution in [0.3, 0.4) is 0 Å². The molecule has 0 radical (unpaired) electrons. The number of likely N-dealkylation sites (tertiary alicyclic amines) is 2. The molecule has 2 fully saturated rings. The summed E-state index contributed by atoms with van der Waals surface area (Å²) < 4.78 is 0. The van der Waals surface area contributed by atoms with Crippen molar-refractivity contribution in [3.63, 3.8) is 0 Å². The van der Waals surface area contributed by atoms with Crippen molar-refractivity contribution in [1.29, 1.82) is 0 Å². The minimum absolute atomic E-state index is 0.855. The third-order valence-corrected chi connectivity index (χ3v) is 4.90. The quantitative estimate of drug-likeness (QED) is 0.806. The maximum Gasteiger partial charge on any atom is 0.0104 e. The summed E-state index contributed by atoms with van der Waals surface area (Å²) in [5, 5.41) is 3.32. The summed E-state index contributed by atoms with van der Waals surface area (Å²) in [7, 11) is 4.38. The van der Waals surface area contributed by atoms with Crippen LogP contribution in [-0.2, 0) is 0 Å². The predicted molar refractivity (Wildman–Crippen MR) is 78.0 cm³/mol. The predicted octanol–water partition coefficient (Wildman–Crippen LogP) is 1.79. The topological polar surface area (TPSA) is 18.5 Å². The summed E-state index contributed by atoms with van der Waals surface area (Å²) in [5.74, 6) is 0.920. The highest BCUT2D eigenvalue weighted by molar-refractivity contribution is 4.78. The Kier molecular flexibility index (Phi) is 5.93. The fourth-order valence-electron chi connectivity index (χ4n) is 3.54. The van der Waals surface area contributed by atoms with E-state index in [0.29, 0.717) is 0 Å². The molecule has 0 bridgehead atoms. The summed E-state index contributed by atoms with van der Waals surface area (Å²) in [5.41, 5.74) is 0. The second kappa shape index (κ2) is 7.46. The molecule has 2 aliphatic heterocycles. The minimum Gasteiger partial charge on any atom is -0.319 e.